The number of nitrogens with zero attached hydrogens (tertiary/aromatic N) is 3. The molecule has 0 aliphatic heterocycles. The van der Waals surface area contributed by atoms with Crippen LogP contribution >= 0.6 is 0 Å². The molecule has 6 N–H and O–H groups in total. The van der Waals surface area contributed by atoms with E-state index in [1.165, 1.54) is 6.33 Å². The van der Waals surface area contributed by atoms with Crippen molar-refractivity contribution in [1.29, 1.82) is 5.41 Å². The molecule has 104 valence electrons. The van der Waals surface area contributed by atoms with Crippen molar-refractivity contribution in [3.8, 4) is 0 Å². The second-order valence-corrected chi connectivity index (χ2v) is 3.89. The Morgan fingerprint density at radius 2 is 2.15 bits per heavy atom. The molecule has 8 heteroatoms. The molecule has 0 saturated heterocycles. The number of rotatable bonds is 6. The van der Waals surface area contributed by atoms with Gasteiger partial charge in [-0.1, -0.05) is 6.08 Å². The highest BCUT2D eigenvalue weighted by molar-refractivity contribution is 5.90. The fourth-order valence-corrected chi connectivity index (χ4v) is 1.73. The summed E-state index contributed by atoms with van der Waals surface area (Å²) in [4.78, 5) is 15.3. The minimum absolute atomic E-state index is 0.399. The van der Waals surface area contributed by atoms with E-state index < -0.39 is 0 Å². The molecule has 0 atom stereocenters. The molecule has 0 bridgehead atoms. The van der Waals surface area contributed by atoms with Crippen molar-refractivity contribution in [1.82, 2.24) is 19.9 Å². The molecule has 0 aliphatic rings. The summed E-state index contributed by atoms with van der Waals surface area (Å²) in [6.07, 6.45) is 8.00. The van der Waals surface area contributed by atoms with E-state index in [1.54, 1.807) is 6.33 Å². The zero-order valence-corrected chi connectivity index (χ0v) is 11.0. The van der Waals surface area contributed by atoms with Gasteiger partial charge in [-0.3, -0.25) is 0 Å². The van der Waals surface area contributed by atoms with Crippen LogP contribution in [-0.4, -0.2) is 26.2 Å². The Kier molecular flexibility index (Phi) is 4.40. The average Bonchev–Trinajstić information content (AvgIpc) is 2.92. The summed E-state index contributed by atoms with van der Waals surface area (Å²) in [6.45, 7) is 2.43. The largest absolute Gasteiger partial charge is 0.364 e. The van der Waals surface area contributed by atoms with Gasteiger partial charge in [-0.2, -0.15) is 0 Å². The first-order chi connectivity index (χ1) is 9.80. The molecule has 0 radical (unpaired) electrons. The Bertz CT molecular complexity index is 616. The third-order valence-corrected chi connectivity index (χ3v) is 2.67. The summed E-state index contributed by atoms with van der Waals surface area (Å²) in [5.41, 5.74) is 4.73. The van der Waals surface area contributed by atoms with Gasteiger partial charge >= 0.3 is 0 Å². The van der Waals surface area contributed by atoms with Crippen LogP contribution in [0.1, 0.15) is 23.9 Å². The Morgan fingerprint density at radius 3 is 2.85 bits per heavy atom. The summed E-state index contributed by atoms with van der Waals surface area (Å²) in [5, 5.41) is 10.6. The topological polar surface area (TPSA) is 128 Å². The lowest BCUT2D eigenvalue weighted by molar-refractivity contribution is 1.03. The van der Waals surface area contributed by atoms with E-state index in [1.807, 2.05) is 19.1 Å². The van der Waals surface area contributed by atoms with Gasteiger partial charge in [0.05, 0.1) is 29.8 Å². The number of aromatic amines is 1. The van der Waals surface area contributed by atoms with E-state index in [-0.39, 0.29) is 0 Å². The number of hydrogen-bond acceptors (Lipinski definition) is 7. The lowest BCUT2D eigenvalue weighted by atomic mass is 10.2. The van der Waals surface area contributed by atoms with Gasteiger partial charge in [0, 0.05) is 6.21 Å². The number of hydrazine groups is 1. The first kappa shape index (κ1) is 13.7. The lowest BCUT2D eigenvalue weighted by Crippen LogP contribution is -2.14. The maximum absolute atomic E-state index is 7.42. The second kappa shape index (κ2) is 6.43. The van der Waals surface area contributed by atoms with Crippen LogP contribution in [0, 0.1) is 5.41 Å². The number of allylic oxidation sites excluding steroid dienone is 1. The monoisotopic (exact) mass is 272 g/mol. The number of anilines is 2. The van der Waals surface area contributed by atoms with Crippen molar-refractivity contribution in [3.05, 3.63) is 35.7 Å². The van der Waals surface area contributed by atoms with Gasteiger partial charge in [-0.05, 0) is 13.0 Å². The second-order valence-electron chi connectivity index (χ2n) is 3.89. The summed E-state index contributed by atoms with van der Waals surface area (Å²) in [5.74, 6) is 6.28. The molecule has 8 nitrogen and oxygen atoms in total. The smallest absolute Gasteiger partial charge is 0.154 e. The fraction of sp³-hybridized carbons (Fsp3) is 0.167. The highest BCUT2D eigenvalue weighted by Gasteiger charge is 2.09. The maximum Gasteiger partial charge on any atom is 0.154 e. The van der Waals surface area contributed by atoms with Gasteiger partial charge in [0.2, 0.25) is 0 Å². The minimum atomic E-state index is 0.399. The number of H-pyrrole nitrogens is 1. The van der Waals surface area contributed by atoms with E-state index in [4.69, 9.17) is 11.3 Å². The number of imidazole rings is 1. The number of nitrogen functional groups attached to an aromatic ring is 1. The molecule has 0 fully saturated rings. The van der Waals surface area contributed by atoms with Crippen molar-refractivity contribution in [3.63, 3.8) is 0 Å². The molecule has 2 rings (SSSR count). The third-order valence-electron chi connectivity index (χ3n) is 2.67. The van der Waals surface area contributed by atoms with Crippen molar-refractivity contribution in [2.24, 2.45) is 5.84 Å². The molecule has 0 spiro atoms. The Balaban J connectivity index is 2.18. The highest BCUT2D eigenvalue weighted by atomic mass is 15.3. The normalized spacial score (nSPS) is 10.7. The van der Waals surface area contributed by atoms with E-state index in [0.29, 0.717) is 23.7 Å². The van der Waals surface area contributed by atoms with Gasteiger partial charge in [0.1, 0.15) is 12.1 Å². The van der Waals surface area contributed by atoms with E-state index >= 15 is 0 Å². The van der Waals surface area contributed by atoms with Gasteiger partial charge in [-0.25, -0.2) is 20.8 Å². The number of nitrogens with one attached hydrogen (secondary N) is 4. The zero-order valence-electron chi connectivity index (χ0n) is 11.0. The van der Waals surface area contributed by atoms with E-state index in [2.05, 4.69) is 30.7 Å². The van der Waals surface area contributed by atoms with Crippen molar-refractivity contribution >= 4 is 23.9 Å². The van der Waals surface area contributed by atoms with Crippen LogP contribution < -0.4 is 16.6 Å². The number of aromatic nitrogens is 4. The first-order valence-electron chi connectivity index (χ1n) is 6.01. The van der Waals surface area contributed by atoms with Gasteiger partial charge in [-0.15, -0.1) is 0 Å². The number of hydrogen-bond donors (Lipinski definition) is 5. The molecule has 2 aromatic heterocycles. The summed E-state index contributed by atoms with van der Waals surface area (Å²) >= 11 is 0. The molecule has 0 unspecified atom stereocenters. The van der Waals surface area contributed by atoms with E-state index in [0.717, 1.165) is 17.6 Å². The number of nitrogens with two attached hydrogens (primary N) is 1. The Hall–Kier alpha value is -2.74. The predicted octanol–water partition coefficient (Wildman–Crippen LogP) is 1.13. The SMILES string of the molecule is C/C=C\c1nc[nH]c1CNc1ncnc(NN)c1C=N. The molecule has 2 aromatic rings. The zero-order chi connectivity index (χ0) is 14.4. The van der Waals surface area contributed by atoms with E-state index in [9.17, 15) is 0 Å². The first-order valence-corrected chi connectivity index (χ1v) is 6.01. The molecule has 0 amide bonds. The molecular weight excluding hydrogens is 256 g/mol. The predicted molar refractivity (Wildman–Crippen MR) is 78.4 cm³/mol. The van der Waals surface area contributed by atoms with Crippen molar-refractivity contribution in [2.75, 3.05) is 10.7 Å². The summed E-state index contributed by atoms with van der Waals surface area (Å²) < 4.78 is 0. The molecule has 2 heterocycles. The third kappa shape index (κ3) is 2.81. The molecular formula is C12H16N8. The van der Waals surface area contributed by atoms with Crippen LogP contribution in [0.5, 0.6) is 0 Å². The van der Waals surface area contributed by atoms with Crippen LogP contribution in [0.2, 0.25) is 0 Å². The minimum Gasteiger partial charge on any atom is -0.364 e. The molecule has 20 heavy (non-hydrogen) atoms. The van der Waals surface area contributed by atoms with Gasteiger partial charge < -0.3 is 21.1 Å². The van der Waals surface area contributed by atoms with Gasteiger partial charge in [0.15, 0.2) is 5.82 Å². The Morgan fingerprint density at radius 1 is 1.35 bits per heavy atom. The maximum atomic E-state index is 7.42. The highest BCUT2D eigenvalue weighted by Crippen LogP contribution is 2.17. The quantitative estimate of drug-likeness (QED) is 0.304. The van der Waals surface area contributed by atoms with Crippen LogP contribution in [0.3, 0.4) is 0 Å². The van der Waals surface area contributed by atoms with Gasteiger partial charge in [0.25, 0.3) is 0 Å². The summed E-state index contributed by atoms with van der Waals surface area (Å²) in [6, 6.07) is 0. The van der Waals surface area contributed by atoms with Crippen molar-refractivity contribution in [2.45, 2.75) is 13.5 Å². The lowest BCUT2D eigenvalue weighted by Gasteiger charge is -2.10. The Labute approximate surface area is 116 Å². The fourth-order valence-electron chi connectivity index (χ4n) is 1.73. The standard InChI is InChI=1S/C12H16N8/c1-2-3-9-10(17-6-16-9)5-15-11-8(4-13)12(20-14)19-7-18-11/h2-4,6-7,13H,5,14H2,1H3,(H,16,17)(H2,15,18,19,20)/b3-2-,13-4?. The van der Waals surface area contributed by atoms with Crippen LogP contribution in [0.25, 0.3) is 6.08 Å². The van der Waals surface area contributed by atoms with Crippen molar-refractivity contribution < 1.29 is 0 Å². The molecule has 0 aliphatic carbocycles. The van der Waals surface area contributed by atoms with Crippen LogP contribution in [0.4, 0.5) is 11.6 Å². The van der Waals surface area contributed by atoms with Crippen LogP contribution in [0.15, 0.2) is 18.7 Å². The molecule has 0 aromatic carbocycles. The molecule has 0 saturated carbocycles. The summed E-state index contributed by atoms with van der Waals surface area (Å²) in [7, 11) is 0. The average molecular weight is 272 g/mol. The van der Waals surface area contributed by atoms with Crippen LogP contribution in [-0.2, 0) is 6.54 Å².